The Morgan fingerprint density at radius 1 is 1.53 bits per heavy atom. The van der Waals surface area contributed by atoms with Crippen molar-refractivity contribution in [2.75, 3.05) is 19.4 Å². The molecule has 110 valence electrons. The Morgan fingerprint density at radius 2 is 2.16 bits per heavy atom. The molecule has 0 radical (unpaired) electrons. The lowest BCUT2D eigenvalue weighted by atomic mass is 9.48. The minimum atomic E-state index is -0.789. The molecule has 1 amide bonds. The topological polar surface area (TPSA) is 64.4 Å². The Kier molecular flexibility index (Phi) is 3.69. The van der Waals surface area contributed by atoms with Gasteiger partial charge in [-0.25, -0.2) is 0 Å². The minimum absolute atomic E-state index is 0.0219. The Morgan fingerprint density at radius 3 is 2.74 bits per heavy atom. The van der Waals surface area contributed by atoms with E-state index in [1.165, 1.54) is 0 Å². The van der Waals surface area contributed by atoms with Gasteiger partial charge in [-0.3, -0.25) is 4.79 Å². The Bertz CT molecular complexity index is 384. The van der Waals surface area contributed by atoms with Gasteiger partial charge in [0.1, 0.15) is 5.54 Å². The van der Waals surface area contributed by atoms with Crippen LogP contribution in [0.25, 0.3) is 0 Å². The highest BCUT2D eigenvalue weighted by atomic mass is 32.2. The third-order valence-electron chi connectivity index (χ3n) is 5.06. The molecule has 2 fully saturated rings. The quantitative estimate of drug-likeness (QED) is 0.819. The van der Waals surface area contributed by atoms with E-state index in [0.29, 0.717) is 6.54 Å². The van der Waals surface area contributed by atoms with Gasteiger partial charge in [-0.1, -0.05) is 13.8 Å². The van der Waals surface area contributed by atoms with Gasteiger partial charge in [0.15, 0.2) is 0 Å². The molecule has 0 spiro atoms. The van der Waals surface area contributed by atoms with Crippen LogP contribution in [0, 0.1) is 11.3 Å². The van der Waals surface area contributed by atoms with Gasteiger partial charge in [-0.05, 0) is 26.5 Å². The van der Waals surface area contributed by atoms with Gasteiger partial charge >= 0.3 is 0 Å². The average Bonchev–Trinajstić information content (AvgIpc) is 2.83. The summed E-state index contributed by atoms with van der Waals surface area (Å²) in [5, 5.41) is 3.04. The first kappa shape index (κ1) is 15.1. The van der Waals surface area contributed by atoms with Crippen LogP contribution < -0.4 is 11.1 Å². The van der Waals surface area contributed by atoms with Crippen molar-refractivity contribution in [3.05, 3.63) is 0 Å². The lowest BCUT2D eigenvalue weighted by Crippen LogP contribution is -2.80. The number of nitrogens with one attached hydrogen (secondary N) is 1. The summed E-state index contributed by atoms with van der Waals surface area (Å²) in [5.41, 5.74) is 5.40. The molecule has 3 unspecified atom stereocenters. The van der Waals surface area contributed by atoms with Gasteiger partial charge in [0, 0.05) is 29.2 Å². The zero-order valence-corrected chi connectivity index (χ0v) is 13.4. The first-order valence-corrected chi connectivity index (χ1v) is 8.13. The maximum absolute atomic E-state index is 12.6. The van der Waals surface area contributed by atoms with Gasteiger partial charge in [0.25, 0.3) is 0 Å². The molecule has 1 aliphatic carbocycles. The van der Waals surface area contributed by atoms with E-state index in [0.717, 1.165) is 13.0 Å². The summed E-state index contributed by atoms with van der Waals surface area (Å²) in [6, 6.07) is 0. The second-order valence-electron chi connectivity index (χ2n) is 6.92. The molecule has 1 saturated carbocycles. The van der Waals surface area contributed by atoms with Crippen molar-refractivity contribution in [2.45, 2.75) is 50.5 Å². The smallest absolute Gasteiger partial charge is 0.241 e. The molecule has 0 aromatic heterocycles. The van der Waals surface area contributed by atoms with Crippen LogP contribution in [-0.2, 0) is 9.53 Å². The third-order valence-corrected chi connectivity index (χ3v) is 6.31. The van der Waals surface area contributed by atoms with E-state index in [2.05, 4.69) is 25.4 Å². The molecule has 2 rings (SSSR count). The molecule has 2 aliphatic rings. The van der Waals surface area contributed by atoms with E-state index in [9.17, 15) is 4.79 Å². The number of carbonyl (C=O) groups is 1. The molecule has 1 saturated heterocycles. The SMILES string of the molecule is CSC(C)(C)CNC(=O)C1(N)C2CCOC2C1(C)C. The predicted molar refractivity (Wildman–Crippen MR) is 79.2 cm³/mol. The van der Waals surface area contributed by atoms with Gasteiger partial charge in [-0.15, -0.1) is 0 Å². The molecule has 0 aromatic carbocycles. The van der Waals surface area contributed by atoms with Crippen LogP contribution >= 0.6 is 11.8 Å². The van der Waals surface area contributed by atoms with Crippen LogP contribution in [0.5, 0.6) is 0 Å². The van der Waals surface area contributed by atoms with Crippen LogP contribution in [0.1, 0.15) is 34.1 Å². The molecule has 1 heterocycles. The molecule has 0 aromatic rings. The fourth-order valence-corrected chi connectivity index (χ4v) is 3.57. The molecule has 19 heavy (non-hydrogen) atoms. The number of carbonyl (C=O) groups excluding carboxylic acids is 1. The normalized spacial score (nSPS) is 36.5. The summed E-state index contributed by atoms with van der Waals surface area (Å²) >= 11 is 1.74. The maximum Gasteiger partial charge on any atom is 0.241 e. The number of ether oxygens (including phenoxy) is 1. The largest absolute Gasteiger partial charge is 0.377 e. The van der Waals surface area contributed by atoms with Crippen LogP contribution in [0.15, 0.2) is 0 Å². The number of rotatable bonds is 4. The van der Waals surface area contributed by atoms with Crippen LogP contribution in [0.4, 0.5) is 0 Å². The Hall–Kier alpha value is -0.260. The van der Waals surface area contributed by atoms with Crippen molar-refractivity contribution in [2.24, 2.45) is 17.1 Å². The van der Waals surface area contributed by atoms with Crippen LogP contribution in [0.3, 0.4) is 0 Å². The number of hydrogen-bond acceptors (Lipinski definition) is 4. The van der Waals surface area contributed by atoms with E-state index in [4.69, 9.17) is 10.5 Å². The molecule has 5 heteroatoms. The maximum atomic E-state index is 12.6. The summed E-state index contributed by atoms with van der Waals surface area (Å²) in [7, 11) is 0. The summed E-state index contributed by atoms with van der Waals surface area (Å²) in [6.07, 6.45) is 3.08. The molecule has 1 aliphatic heterocycles. The van der Waals surface area contributed by atoms with Gasteiger partial charge in [0.05, 0.1) is 6.10 Å². The molecular weight excluding hydrogens is 260 g/mol. The molecular formula is C14H26N2O2S. The average molecular weight is 286 g/mol. The van der Waals surface area contributed by atoms with E-state index in [1.807, 2.05) is 13.8 Å². The number of thioether (sulfide) groups is 1. The lowest BCUT2D eigenvalue weighted by Gasteiger charge is -2.60. The second-order valence-corrected chi connectivity index (χ2v) is 8.44. The fraction of sp³-hybridized carbons (Fsp3) is 0.929. The summed E-state index contributed by atoms with van der Waals surface area (Å²) in [4.78, 5) is 12.6. The summed E-state index contributed by atoms with van der Waals surface area (Å²) in [6.45, 7) is 9.68. The van der Waals surface area contributed by atoms with Crippen molar-refractivity contribution in [1.82, 2.24) is 5.32 Å². The zero-order chi connectivity index (χ0) is 14.5. The third kappa shape index (κ3) is 2.10. The zero-order valence-electron chi connectivity index (χ0n) is 12.6. The van der Waals surface area contributed by atoms with E-state index >= 15 is 0 Å². The van der Waals surface area contributed by atoms with Crippen molar-refractivity contribution in [3.63, 3.8) is 0 Å². The van der Waals surface area contributed by atoms with Crippen molar-refractivity contribution < 1.29 is 9.53 Å². The van der Waals surface area contributed by atoms with E-state index in [-0.39, 0.29) is 28.1 Å². The molecule has 3 N–H and O–H groups in total. The van der Waals surface area contributed by atoms with Gasteiger partial charge < -0.3 is 15.8 Å². The molecule has 4 nitrogen and oxygen atoms in total. The number of amides is 1. The second kappa shape index (κ2) is 4.64. The number of fused-ring (bicyclic) bond motifs is 1. The van der Waals surface area contributed by atoms with Crippen molar-refractivity contribution >= 4 is 17.7 Å². The van der Waals surface area contributed by atoms with E-state index < -0.39 is 5.54 Å². The molecule has 3 atom stereocenters. The highest BCUT2D eigenvalue weighted by Gasteiger charge is 2.71. The highest BCUT2D eigenvalue weighted by molar-refractivity contribution is 7.99. The van der Waals surface area contributed by atoms with Crippen molar-refractivity contribution in [1.29, 1.82) is 0 Å². The van der Waals surface area contributed by atoms with Gasteiger partial charge in [0.2, 0.25) is 5.91 Å². The Balaban J connectivity index is 2.06. The Labute approximate surface area is 120 Å². The molecule has 0 bridgehead atoms. The monoisotopic (exact) mass is 286 g/mol. The summed E-state index contributed by atoms with van der Waals surface area (Å²) in [5.74, 6) is 0.145. The first-order valence-electron chi connectivity index (χ1n) is 6.91. The first-order chi connectivity index (χ1) is 8.67. The standard InChI is InChI=1S/C14H26N2O2S/c1-12(2,19-5)8-16-11(17)14(15)9-6-7-18-10(9)13(14,3)4/h9-10H,6-8,15H2,1-5H3,(H,16,17). The van der Waals surface area contributed by atoms with Gasteiger partial charge in [-0.2, -0.15) is 11.8 Å². The number of hydrogen-bond donors (Lipinski definition) is 2. The van der Waals surface area contributed by atoms with Crippen molar-refractivity contribution in [3.8, 4) is 0 Å². The van der Waals surface area contributed by atoms with E-state index in [1.54, 1.807) is 11.8 Å². The predicted octanol–water partition coefficient (Wildman–Crippen LogP) is 1.39. The fourth-order valence-electron chi connectivity index (χ4n) is 3.36. The lowest BCUT2D eigenvalue weighted by molar-refractivity contribution is -0.175. The van der Waals surface area contributed by atoms with Crippen LogP contribution in [-0.4, -0.2) is 41.7 Å². The highest BCUT2D eigenvalue weighted by Crippen LogP contribution is 2.58. The summed E-state index contributed by atoms with van der Waals surface area (Å²) < 4.78 is 5.75. The minimum Gasteiger partial charge on any atom is -0.377 e. The van der Waals surface area contributed by atoms with Crippen LogP contribution in [0.2, 0.25) is 0 Å². The number of nitrogens with two attached hydrogens (primary N) is 1.